The van der Waals surface area contributed by atoms with E-state index in [2.05, 4.69) is 480 Å². The Bertz CT molecular complexity index is 5400. The van der Waals surface area contributed by atoms with Gasteiger partial charge in [-0.05, 0) is 94.7 Å². The van der Waals surface area contributed by atoms with Gasteiger partial charge in [0.1, 0.15) is 0 Å². The van der Waals surface area contributed by atoms with Crippen LogP contribution in [0.15, 0.2) is 0 Å². The Morgan fingerprint density at radius 2 is 0.165 bits per heavy atom. The fraction of sp³-hybridized carbons (Fsp3) is 0. The SMILES string of the molecule is [C-]#CC#CC#CC#CC#CC#CC#CC#CC#CC#CC#CC#CC#CC#CC#CC#CC#CC#CC#CC#CC#CC#CC#CC#CC#CC#CC#CC#CC#CC#CC#CC#CC#CC#CC#CC#CC#CC#CC#CC#CC#CC#C.[U]. The van der Waals surface area contributed by atoms with Gasteiger partial charge in [-0.3, -0.25) is 5.92 Å². The molecule has 0 saturated carbocycles. The van der Waals surface area contributed by atoms with E-state index in [0.717, 1.165) is 0 Å². The Morgan fingerprint density at radius 1 is 0.106 bits per heavy atom. The summed E-state index contributed by atoms with van der Waals surface area (Å²) in [6, 6.07) is 0. The number of hydrogen-bond donors (Lipinski definition) is 0. The standard InChI is InChI=1S/C84H.U/c1-3-5-7-9-11-13-15-17-19-21-23-25-27-29-31-33-35-37-39-41-43-45-47-49-51-53-55-57-59-61-63-65-67-69-71-73-75-77-79-81-83-84-82-80-78-76-74-72-70-68-66-64-62-60-58-56-54-52-50-48-46-44-42-40-38-36-34-32-30-28-26-24-22-20-18-16-14-12-10-8-6-4-2;/h1H;/q-1;. The molecule has 0 aromatic rings. The molecule has 0 atom stereocenters. The van der Waals surface area contributed by atoms with Crippen LogP contribution >= 0.6 is 0 Å². The summed E-state index contributed by atoms with van der Waals surface area (Å²) < 4.78 is 0. The van der Waals surface area contributed by atoms with Crippen LogP contribution in [0.3, 0.4) is 0 Å². The van der Waals surface area contributed by atoms with E-state index in [-0.39, 0.29) is 31.1 Å². The van der Waals surface area contributed by atoms with Gasteiger partial charge >= 0.3 is 0 Å². The molecule has 0 rings (SSSR count). The molecule has 0 aromatic carbocycles. The van der Waals surface area contributed by atoms with Crippen LogP contribution in [-0.2, 0) is 0 Å². The van der Waals surface area contributed by atoms with Crippen molar-refractivity contribution < 1.29 is 31.1 Å². The Balaban J connectivity index is 0. The van der Waals surface area contributed by atoms with E-state index in [4.69, 9.17) is 12.8 Å². The van der Waals surface area contributed by atoms with E-state index < -0.39 is 0 Å². The predicted octanol–water partition coefficient (Wildman–Crippen LogP) is 0.345. The summed E-state index contributed by atoms with van der Waals surface area (Å²) in [7, 11) is 0. The smallest absolute Gasteiger partial charge is 0 e. The molecule has 0 N–H and O–H groups in total. The van der Waals surface area contributed by atoms with Crippen LogP contribution in [0.5, 0.6) is 0 Å². The average molecular weight is 1250 g/mol. The molecule has 0 aliphatic heterocycles. The van der Waals surface area contributed by atoms with Gasteiger partial charge in [-0.2, -0.15) is 0 Å². The van der Waals surface area contributed by atoms with Gasteiger partial charge in [-0.15, -0.1) is 12.3 Å². The molecule has 0 aromatic heterocycles. The van der Waals surface area contributed by atoms with Crippen LogP contribution in [0.1, 0.15) is 0 Å². The van der Waals surface area contributed by atoms with Crippen molar-refractivity contribution in [3.05, 3.63) is 6.42 Å². The summed E-state index contributed by atoms with van der Waals surface area (Å²) in [4.78, 5) is 0. The van der Waals surface area contributed by atoms with Gasteiger partial charge < -0.3 is 6.42 Å². The quantitative estimate of drug-likeness (QED) is 0.243. The van der Waals surface area contributed by atoms with Gasteiger partial charge in [-0.25, -0.2) is 5.92 Å². The molecular formula is C84HU-. The minimum absolute atomic E-state index is 0. The third kappa shape index (κ3) is 68.7. The molecule has 0 aliphatic rings. The van der Waals surface area contributed by atoms with Crippen LogP contribution in [0.4, 0.5) is 0 Å². The van der Waals surface area contributed by atoms with Crippen LogP contribution in [0, 0.1) is 529 Å². The van der Waals surface area contributed by atoms with Crippen LogP contribution in [0.2, 0.25) is 0 Å². The van der Waals surface area contributed by atoms with Crippen molar-refractivity contribution in [1.29, 1.82) is 0 Å². The Kier molecular flexibility index (Phi) is 56.3. The maximum Gasteiger partial charge on any atom is 0 e. The molecule has 0 bridgehead atoms. The zero-order valence-electron chi connectivity index (χ0n) is 42.6. The minimum atomic E-state index is 0. The van der Waals surface area contributed by atoms with Gasteiger partial charge in [0.05, 0.1) is 0 Å². The predicted molar refractivity (Wildman–Crippen MR) is 327 cm³/mol. The molecule has 0 nitrogen and oxygen atoms in total. The molecule has 0 radical (unpaired) electrons. The van der Waals surface area contributed by atoms with Crippen molar-refractivity contribution in [3.63, 3.8) is 0 Å². The maximum absolute atomic E-state index is 6.58. The van der Waals surface area contributed by atoms with Gasteiger partial charge in [0.15, 0.2) is 0 Å². The van der Waals surface area contributed by atoms with E-state index in [1.165, 1.54) is 0 Å². The summed E-state index contributed by atoms with van der Waals surface area (Å²) in [6.07, 6.45) is 11.5. The average Bonchev–Trinajstić information content (AvgIpc) is 3.50. The third-order valence-corrected chi connectivity index (χ3v) is 5.07. The van der Waals surface area contributed by atoms with Crippen LogP contribution < -0.4 is 0 Å². The summed E-state index contributed by atoms with van der Waals surface area (Å²) >= 11 is 0. The first-order valence-corrected chi connectivity index (χ1v) is 20.8. The van der Waals surface area contributed by atoms with Gasteiger partial charge in [0, 0.05) is 404 Å². The van der Waals surface area contributed by atoms with Crippen molar-refractivity contribution in [1.82, 2.24) is 0 Å². The fourth-order valence-corrected chi connectivity index (χ4v) is 2.50. The van der Waals surface area contributed by atoms with Crippen molar-refractivity contribution in [2.75, 3.05) is 0 Å². The zero-order chi connectivity index (χ0) is 60.0. The van der Waals surface area contributed by atoms with E-state index in [9.17, 15) is 0 Å². The van der Waals surface area contributed by atoms with Crippen molar-refractivity contribution in [3.8, 4) is 492 Å². The summed E-state index contributed by atoms with van der Waals surface area (Å²) in [6.45, 7) is 0. The fourth-order valence-electron chi connectivity index (χ4n) is 2.50. The molecule has 1 heteroatoms. The molecule has 0 unspecified atom stereocenters. The monoisotopic (exact) mass is 1250 g/mol. The molecule has 85 heavy (non-hydrogen) atoms. The second-order valence-corrected chi connectivity index (χ2v) is 10.3. The normalized spacial score (nSPS) is 3.88. The van der Waals surface area contributed by atoms with Crippen LogP contribution in [-0.4, -0.2) is 0 Å². The first kappa shape index (κ1) is 69.6. The molecule has 0 amide bonds. The third-order valence-electron chi connectivity index (χ3n) is 5.07. The first-order chi connectivity index (χ1) is 41.9. The summed E-state index contributed by atoms with van der Waals surface area (Å²) in [5.41, 5.74) is 0. The molecule has 0 aliphatic carbocycles. The number of hydrogen-bond acceptors (Lipinski definition) is 0. The van der Waals surface area contributed by atoms with Crippen molar-refractivity contribution in [2.24, 2.45) is 0 Å². The second kappa shape index (κ2) is 68.6. The van der Waals surface area contributed by atoms with Crippen LogP contribution in [0.25, 0.3) is 0 Å². The van der Waals surface area contributed by atoms with Gasteiger partial charge in [-0.1, -0.05) is 0 Å². The maximum atomic E-state index is 6.58. The van der Waals surface area contributed by atoms with E-state index in [1.807, 2.05) is 5.92 Å². The Hall–Kier alpha value is -17.4. The largest absolute Gasteiger partial charge is 0.358 e. The van der Waals surface area contributed by atoms with E-state index >= 15 is 0 Å². The molecule has 342 valence electrons. The molecule has 0 fully saturated rings. The number of rotatable bonds is 0. The van der Waals surface area contributed by atoms with E-state index in [1.54, 1.807) is 0 Å². The second-order valence-electron chi connectivity index (χ2n) is 10.3. The first-order valence-electron chi connectivity index (χ1n) is 20.8. The zero-order valence-corrected chi connectivity index (χ0v) is 46.7. The van der Waals surface area contributed by atoms with Crippen molar-refractivity contribution >= 4 is 0 Å². The van der Waals surface area contributed by atoms with Gasteiger partial charge in [0.25, 0.3) is 0 Å². The molecule has 0 saturated heterocycles. The molecule has 0 heterocycles. The van der Waals surface area contributed by atoms with Crippen molar-refractivity contribution in [2.45, 2.75) is 0 Å². The Morgan fingerprint density at radius 3 is 0.224 bits per heavy atom. The molecular weight excluding hydrogens is 1250 g/mol. The molecule has 0 spiro atoms. The van der Waals surface area contributed by atoms with E-state index in [0.29, 0.717) is 0 Å². The van der Waals surface area contributed by atoms with Gasteiger partial charge in [0.2, 0.25) is 0 Å². The summed E-state index contributed by atoms with van der Waals surface area (Å²) in [5, 5.41) is 0. The minimum Gasteiger partial charge on any atom is -0.358 e. The Labute approximate surface area is 525 Å². The topological polar surface area (TPSA) is 0 Å². The summed E-state index contributed by atoms with van der Waals surface area (Å²) in [5.74, 6) is 202. The number of terminal acetylenes is 1.